The van der Waals surface area contributed by atoms with E-state index in [4.69, 9.17) is 16.3 Å². The van der Waals surface area contributed by atoms with E-state index in [9.17, 15) is 0 Å². The molecule has 1 aromatic rings. The summed E-state index contributed by atoms with van der Waals surface area (Å²) in [5.41, 5.74) is 0. The first-order chi connectivity index (χ1) is 9.19. The zero-order chi connectivity index (χ0) is 13.7. The highest BCUT2D eigenvalue weighted by molar-refractivity contribution is 6.30. The Morgan fingerprint density at radius 3 is 2.95 bits per heavy atom. The first-order valence-corrected chi connectivity index (χ1v) is 6.92. The molecule has 0 amide bonds. The Labute approximate surface area is 119 Å². The van der Waals surface area contributed by atoms with Crippen LogP contribution in [-0.2, 0) is 0 Å². The summed E-state index contributed by atoms with van der Waals surface area (Å²) in [5, 5.41) is 7.27. The average molecular weight is 282 g/mol. The van der Waals surface area contributed by atoms with Gasteiger partial charge in [-0.3, -0.25) is 4.99 Å². The summed E-state index contributed by atoms with van der Waals surface area (Å²) in [6.45, 7) is 3.50. The summed E-state index contributed by atoms with van der Waals surface area (Å²) >= 11 is 5.88. The maximum Gasteiger partial charge on any atom is 0.191 e. The minimum absolute atomic E-state index is 0.569. The van der Waals surface area contributed by atoms with Gasteiger partial charge in [-0.25, -0.2) is 0 Å². The molecule has 2 N–H and O–H groups in total. The van der Waals surface area contributed by atoms with Gasteiger partial charge >= 0.3 is 0 Å². The van der Waals surface area contributed by atoms with E-state index in [-0.39, 0.29) is 0 Å². The highest BCUT2D eigenvalue weighted by atomic mass is 35.5. The van der Waals surface area contributed by atoms with E-state index in [0.717, 1.165) is 17.6 Å². The van der Waals surface area contributed by atoms with Crippen molar-refractivity contribution >= 4 is 17.6 Å². The Bertz CT molecular complexity index is 450. The number of hydrogen-bond acceptors (Lipinski definition) is 2. The zero-order valence-electron chi connectivity index (χ0n) is 11.3. The average Bonchev–Trinajstić information content (AvgIpc) is 3.09. The van der Waals surface area contributed by atoms with Crippen molar-refractivity contribution in [3.8, 4) is 5.75 Å². The molecule has 0 saturated heterocycles. The largest absolute Gasteiger partial charge is 0.492 e. The Hall–Kier alpha value is -1.42. The lowest BCUT2D eigenvalue weighted by molar-refractivity contribution is 0.322. The van der Waals surface area contributed by atoms with Gasteiger partial charge in [0.05, 0.1) is 6.54 Å². The van der Waals surface area contributed by atoms with Crippen LogP contribution in [0.5, 0.6) is 5.75 Å². The van der Waals surface area contributed by atoms with Crippen LogP contribution >= 0.6 is 11.6 Å². The standard InChI is InChI=1S/C14H20ClN3O/c1-10-8-13(10)18-14(16-2)17-6-7-19-12-5-3-4-11(15)9-12/h3-5,9-10,13H,6-8H2,1-2H3,(H2,16,17,18). The molecule has 5 heteroatoms. The van der Waals surface area contributed by atoms with Crippen molar-refractivity contribution in [1.29, 1.82) is 0 Å². The molecule has 1 saturated carbocycles. The third-order valence-electron chi connectivity index (χ3n) is 3.11. The number of rotatable bonds is 5. The predicted octanol–water partition coefficient (Wildman–Crippen LogP) is 2.29. The summed E-state index contributed by atoms with van der Waals surface area (Å²) in [7, 11) is 1.78. The number of halogens is 1. The lowest BCUT2D eigenvalue weighted by Gasteiger charge is -2.12. The number of benzene rings is 1. The summed E-state index contributed by atoms with van der Waals surface area (Å²) in [6.07, 6.45) is 1.22. The SMILES string of the molecule is CN=C(NCCOc1cccc(Cl)c1)NC1CC1C. The van der Waals surface area contributed by atoms with E-state index in [2.05, 4.69) is 22.5 Å². The maximum absolute atomic E-state index is 5.88. The molecule has 1 fully saturated rings. The van der Waals surface area contributed by atoms with E-state index in [1.54, 1.807) is 13.1 Å². The van der Waals surface area contributed by atoms with Crippen molar-refractivity contribution in [2.24, 2.45) is 10.9 Å². The van der Waals surface area contributed by atoms with Crippen LogP contribution < -0.4 is 15.4 Å². The summed E-state index contributed by atoms with van der Waals surface area (Å²) in [5.74, 6) is 2.37. The number of nitrogens with zero attached hydrogens (tertiary/aromatic N) is 1. The van der Waals surface area contributed by atoms with Gasteiger partial charge in [-0.1, -0.05) is 24.6 Å². The summed E-state index contributed by atoms with van der Waals surface area (Å²) < 4.78 is 5.59. The first kappa shape index (κ1) is 14.0. The zero-order valence-corrected chi connectivity index (χ0v) is 12.1. The van der Waals surface area contributed by atoms with Crippen molar-refractivity contribution in [3.05, 3.63) is 29.3 Å². The number of ether oxygens (including phenoxy) is 1. The third kappa shape index (κ3) is 4.63. The Morgan fingerprint density at radius 2 is 2.32 bits per heavy atom. The van der Waals surface area contributed by atoms with Crippen LogP contribution in [0.2, 0.25) is 5.02 Å². The predicted molar refractivity (Wildman–Crippen MR) is 79.0 cm³/mol. The fraction of sp³-hybridized carbons (Fsp3) is 0.500. The highest BCUT2D eigenvalue weighted by Crippen LogP contribution is 2.28. The Morgan fingerprint density at radius 1 is 1.53 bits per heavy atom. The van der Waals surface area contributed by atoms with Gasteiger partial charge in [-0.2, -0.15) is 0 Å². The molecule has 0 radical (unpaired) electrons. The Kier molecular flexibility index (Phi) is 4.91. The van der Waals surface area contributed by atoms with Crippen LogP contribution in [0.15, 0.2) is 29.3 Å². The molecule has 0 aromatic heterocycles. The molecule has 2 rings (SSSR count). The second kappa shape index (κ2) is 6.66. The van der Waals surface area contributed by atoms with Crippen LogP contribution in [-0.4, -0.2) is 32.2 Å². The van der Waals surface area contributed by atoms with E-state index < -0.39 is 0 Å². The van der Waals surface area contributed by atoms with Gasteiger partial charge in [0.15, 0.2) is 5.96 Å². The fourth-order valence-electron chi connectivity index (χ4n) is 1.79. The quantitative estimate of drug-likeness (QED) is 0.494. The van der Waals surface area contributed by atoms with E-state index in [0.29, 0.717) is 24.2 Å². The molecule has 0 aliphatic heterocycles. The molecule has 2 atom stereocenters. The summed E-state index contributed by atoms with van der Waals surface area (Å²) in [4.78, 5) is 4.18. The minimum Gasteiger partial charge on any atom is -0.492 e. The molecule has 1 aliphatic rings. The lowest BCUT2D eigenvalue weighted by atomic mass is 10.3. The smallest absolute Gasteiger partial charge is 0.191 e. The van der Waals surface area contributed by atoms with Crippen molar-refractivity contribution in [3.63, 3.8) is 0 Å². The van der Waals surface area contributed by atoms with Gasteiger partial charge in [-0.05, 0) is 30.5 Å². The van der Waals surface area contributed by atoms with Gasteiger partial charge in [0.1, 0.15) is 12.4 Å². The number of guanidine groups is 1. The van der Waals surface area contributed by atoms with E-state index in [1.807, 2.05) is 18.2 Å². The van der Waals surface area contributed by atoms with Gasteiger partial charge < -0.3 is 15.4 Å². The normalized spacial score (nSPS) is 21.9. The second-order valence-corrected chi connectivity index (χ2v) is 5.21. The van der Waals surface area contributed by atoms with Crippen LogP contribution in [0.3, 0.4) is 0 Å². The molecule has 1 aliphatic carbocycles. The van der Waals surface area contributed by atoms with Gasteiger partial charge in [-0.15, -0.1) is 0 Å². The lowest BCUT2D eigenvalue weighted by Crippen LogP contribution is -2.40. The molecule has 2 unspecified atom stereocenters. The maximum atomic E-state index is 5.88. The molecule has 0 heterocycles. The van der Waals surface area contributed by atoms with Crippen molar-refractivity contribution in [2.45, 2.75) is 19.4 Å². The Balaban J connectivity index is 1.65. The van der Waals surface area contributed by atoms with E-state index >= 15 is 0 Å². The number of hydrogen-bond donors (Lipinski definition) is 2. The molecule has 104 valence electrons. The van der Waals surface area contributed by atoms with Gasteiger partial charge in [0.25, 0.3) is 0 Å². The van der Waals surface area contributed by atoms with Gasteiger partial charge in [0, 0.05) is 18.1 Å². The van der Waals surface area contributed by atoms with Crippen LogP contribution in [0.1, 0.15) is 13.3 Å². The fourth-order valence-corrected chi connectivity index (χ4v) is 1.97. The van der Waals surface area contributed by atoms with Crippen LogP contribution in [0.25, 0.3) is 0 Å². The topological polar surface area (TPSA) is 45.7 Å². The molecule has 1 aromatic carbocycles. The molecule has 4 nitrogen and oxygen atoms in total. The second-order valence-electron chi connectivity index (χ2n) is 4.77. The molecule has 0 spiro atoms. The van der Waals surface area contributed by atoms with E-state index in [1.165, 1.54) is 6.42 Å². The number of nitrogens with one attached hydrogen (secondary N) is 2. The molecule has 0 bridgehead atoms. The third-order valence-corrected chi connectivity index (χ3v) is 3.35. The summed E-state index contributed by atoms with van der Waals surface area (Å²) in [6, 6.07) is 7.97. The minimum atomic E-state index is 0.569. The monoisotopic (exact) mass is 281 g/mol. The molecular formula is C14H20ClN3O. The van der Waals surface area contributed by atoms with Crippen LogP contribution in [0, 0.1) is 5.92 Å². The first-order valence-electron chi connectivity index (χ1n) is 6.54. The number of aliphatic imine (C=N–C) groups is 1. The molecular weight excluding hydrogens is 262 g/mol. The highest BCUT2D eigenvalue weighted by Gasteiger charge is 2.33. The van der Waals surface area contributed by atoms with Crippen molar-refractivity contribution in [1.82, 2.24) is 10.6 Å². The van der Waals surface area contributed by atoms with Crippen LogP contribution in [0.4, 0.5) is 0 Å². The van der Waals surface area contributed by atoms with Crippen molar-refractivity contribution < 1.29 is 4.74 Å². The molecule has 19 heavy (non-hydrogen) atoms. The van der Waals surface area contributed by atoms with Crippen molar-refractivity contribution in [2.75, 3.05) is 20.2 Å². The van der Waals surface area contributed by atoms with Gasteiger partial charge in [0.2, 0.25) is 0 Å².